The van der Waals surface area contributed by atoms with Gasteiger partial charge in [0.25, 0.3) is 5.91 Å². The number of carbonyl (C=O) groups excluding carboxylic acids is 4. The Bertz CT molecular complexity index is 1280. The first-order valence-electron chi connectivity index (χ1n) is 11.6. The predicted molar refractivity (Wildman–Crippen MR) is 128 cm³/mol. The van der Waals surface area contributed by atoms with Gasteiger partial charge in [-0.2, -0.15) is 5.10 Å². The molecule has 2 atom stereocenters. The number of aryl methyl sites for hydroxylation is 1. The van der Waals surface area contributed by atoms with Gasteiger partial charge < -0.3 is 5.32 Å². The highest BCUT2D eigenvalue weighted by Crippen LogP contribution is 2.34. The summed E-state index contributed by atoms with van der Waals surface area (Å²) < 4.78 is 1.74. The van der Waals surface area contributed by atoms with Crippen LogP contribution in [-0.4, -0.2) is 57.6 Å². The van der Waals surface area contributed by atoms with Gasteiger partial charge in [0.2, 0.25) is 11.8 Å². The maximum atomic E-state index is 12.8. The second-order valence-corrected chi connectivity index (χ2v) is 9.06. The van der Waals surface area contributed by atoms with Gasteiger partial charge in [0.15, 0.2) is 0 Å². The molecule has 2 aliphatic heterocycles. The van der Waals surface area contributed by atoms with Crippen molar-refractivity contribution in [2.75, 3.05) is 18.4 Å². The molecule has 10 heteroatoms. The Balaban J connectivity index is 1.17. The Morgan fingerprint density at radius 1 is 1.17 bits per heavy atom. The number of hydrogen-bond donors (Lipinski definition) is 3. The number of nitrogens with one attached hydrogen (secondary N) is 3. The van der Waals surface area contributed by atoms with E-state index >= 15 is 0 Å². The molecule has 3 N–H and O–H groups in total. The quantitative estimate of drug-likeness (QED) is 0.580. The Kier molecular flexibility index (Phi) is 6.04. The van der Waals surface area contributed by atoms with Crippen molar-refractivity contribution in [3.05, 3.63) is 59.8 Å². The molecular formula is C25H26N6O4. The van der Waals surface area contributed by atoms with E-state index in [1.807, 2.05) is 37.4 Å². The van der Waals surface area contributed by atoms with Crippen LogP contribution in [0.15, 0.2) is 59.8 Å². The number of amides is 5. The molecular weight excluding hydrogens is 448 g/mol. The van der Waals surface area contributed by atoms with Gasteiger partial charge in [-0.05, 0) is 37.0 Å². The van der Waals surface area contributed by atoms with E-state index in [1.165, 1.54) is 0 Å². The zero-order chi connectivity index (χ0) is 24.5. The fourth-order valence-corrected chi connectivity index (χ4v) is 4.95. The molecule has 5 amide bonds. The van der Waals surface area contributed by atoms with E-state index < -0.39 is 11.9 Å². The minimum absolute atomic E-state index is 0.102. The van der Waals surface area contributed by atoms with Crippen LogP contribution in [0, 0.1) is 5.92 Å². The highest BCUT2D eigenvalue weighted by molar-refractivity contribution is 6.08. The van der Waals surface area contributed by atoms with Crippen LogP contribution in [0.5, 0.6) is 0 Å². The summed E-state index contributed by atoms with van der Waals surface area (Å²) in [5, 5.41) is 11.7. The second kappa shape index (κ2) is 9.30. The minimum Gasteiger partial charge on any atom is -0.308 e. The molecule has 35 heavy (non-hydrogen) atoms. The molecule has 1 aromatic heterocycles. The van der Waals surface area contributed by atoms with Gasteiger partial charge in [-0.25, -0.2) is 4.79 Å². The van der Waals surface area contributed by atoms with Crippen molar-refractivity contribution >= 4 is 29.4 Å². The summed E-state index contributed by atoms with van der Waals surface area (Å²) in [4.78, 5) is 51.0. The average molecular weight is 475 g/mol. The van der Waals surface area contributed by atoms with Gasteiger partial charge in [-0.15, -0.1) is 0 Å². The lowest BCUT2D eigenvalue weighted by Gasteiger charge is -2.29. The van der Waals surface area contributed by atoms with E-state index in [0.29, 0.717) is 43.6 Å². The molecule has 10 nitrogen and oxygen atoms in total. The normalized spacial score (nSPS) is 22.1. The lowest BCUT2D eigenvalue weighted by Crippen LogP contribution is -2.51. The molecule has 2 unspecified atom stereocenters. The van der Waals surface area contributed by atoms with E-state index in [4.69, 9.17) is 0 Å². The van der Waals surface area contributed by atoms with Crippen LogP contribution in [-0.2, 0) is 21.4 Å². The van der Waals surface area contributed by atoms with Gasteiger partial charge in [-0.3, -0.25) is 34.6 Å². The number of hydrogen-bond acceptors (Lipinski definition) is 6. The smallest absolute Gasteiger partial charge is 0.308 e. The molecule has 180 valence electrons. The number of aromatic nitrogens is 2. The van der Waals surface area contributed by atoms with Crippen molar-refractivity contribution in [1.29, 1.82) is 0 Å². The second-order valence-electron chi connectivity index (χ2n) is 9.06. The summed E-state index contributed by atoms with van der Waals surface area (Å²) in [5.41, 5.74) is 4.03. The predicted octanol–water partition coefficient (Wildman–Crippen LogP) is 1.73. The molecule has 1 aliphatic carbocycles. The van der Waals surface area contributed by atoms with Gasteiger partial charge in [0.1, 0.15) is 0 Å². The van der Waals surface area contributed by atoms with Crippen molar-refractivity contribution in [3.63, 3.8) is 0 Å². The monoisotopic (exact) mass is 474 g/mol. The number of benzene rings is 1. The summed E-state index contributed by atoms with van der Waals surface area (Å²) in [6.07, 6.45) is 6.68. The molecule has 0 radical (unpaired) electrons. The van der Waals surface area contributed by atoms with Crippen molar-refractivity contribution in [2.24, 2.45) is 13.0 Å². The fourth-order valence-electron chi connectivity index (χ4n) is 4.95. The molecule has 2 saturated heterocycles. The van der Waals surface area contributed by atoms with Crippen molar-refractivity contribution in [1.82, 2.24) is 25.3 Å². The zero-order valence-electron chi connectivity index (χ0n) is 19.3. The molecule has 3 heterocycles. The third-order valence-corrected chi connectivity index (χ3v) is 6.74. The van der Waals surface area contributed by atoms with E-state index in [9.17, 15) is 19.2 Å². The SMILES string of the molecule is Cn1nccc1-c1cccc(NC(=O)NC(=O)C2=CC=C3CN(C4CCC(=O)NC4=O)CC3C2)c1. The van der Waals surface area contributed by atoms with Crippen molar-refractivity contribution in [2.45, 2.75) is 25.3 Å². The maximum absolute atomic E-state index is 12.8. The van der Waals surface area contributed by atoms with Crippen LogP contribution in [0.1, 0.15) is 19.3 Å². The van der Waals surface area contributed by atoms with E-state index in [0.717, 1.165) is 16.8 Å². The maximum Gasteiger partial charge on any atom is 0.326 e. The number of likely N-dealkylation sites (tertiary alicyclic amines) is 1. The highest BCUT2D eigenvalue weighted by atomic mass is 16.2. The molecule has 2 fully saturated rings. The summed E-state index contributed by atoms with van der Waals surface area (Å²) >= 11 is 0. The van der Waals surface area contributed by atoms with Crippen LogP contribution < -0.4 is 16.0 Å². The first-order valence-corrected chi connectivity index (χ1v) is 11.6. The number of nitrogens with zero attached hydrogens (tertiary/aromatic N) is 3. The molecule has 2 aromatic rings. The van der Waals surface area contributed by atoms with Gasteiger partial charge >= 0.3 is 6.03 Å². The van der Waals surface area contributed by atoms with Gasteiger partial charge in [-0.1, -0.05) is 29.9 Å². The van der Waals surface area contributed by atoms with Crippen LogP contribution in [0.4, 0.5) is 10.5 Å². The third-order valence-electron chi connectivity index (χ3n) is 6.74. The third kappa shape index (κ3) is 4.78. The Hall–Kier alpha value is -4.05. The Morgan fingerprint density at radius 3 is 2.80 bits per heavy atom. The average Bonchev–Trinajstić information content (AvgIpc) is 3.44. The van der Waals surface area contributed by atoms with Gasteiger partial charge in [0.05, 0.1) is 11.7 Å². The molecule has 3 aliphatic rings. The lowest BCUT2D eigenvalue weighted by atomic mass is 9.89. The van der Waals surface area contributed by atoms with E-state index in [2.05, 4.69) is 25.9 Å². The highest BCUT2D eigenvalue weighted by Gasteiger charge is 2.39. The number of imide groups is 2. The van der Waals surface area contributed by atoms with Crippen molar-refractivity contribution in [3.8, 4) is 11.3 Å². The zero-order valence-corrected chi connectivity index (χ0v) is 19.3. The lowest BCUT2D eigenvalue weighted by molar-refractivity contribution is -0.137. The number of urea groups is 1. The molecule has 1 aromatic carbocycles. The topological polar surface area (TPSA) is 125 Å². The van der Waals surface area contributed by atoms with Crippen LogP contribution in [0.3, 0.4) is 0 Å². The summed E-state index contributed by atoms with van der Waals surface area (Å²) in [5.74, 6) is -0.829. The standard InChI is InChI=1S/C25H26N6O4/c1-30-20(9-10-26-30)15-3-2-4-19(12-15)27-25(35)29-23(33)16-5-6-17-13-31(14-18(17)11-16)21-7-8-22(32)28-24(21)34/h2-6,9-10,12,18,21H,7-8,11,13-14H2,1H3,(H,28,32,34)(H2,27,29,33,35). The molecule has 0 bridgehead atoms. The molecule has 5 rings (SSSR count). The van der Waals surface area contributed by atoms with Crippen LogP contribution in [0.2, 0.25) is 0 Å². The van der Waals surface area contributed by atoms with Gasteiger partial charge in [0, 0.05) is 49.6 Å². The number of piperidine rings is 1. The number of allylic oxidation sites excluding steroid dienone is 2. The first kappa shape index (κ1) is 22.7. The molecule has 0 saturated carbocycles. The number of carbonyl (C=O) groups is 4. The fraction of sp³-hybridized carbons (Fsp3) is 0.320. The van der Waals surface area contributed by atoms with Crippen molar-refractivity contribution < 1.29 is 19.2 Å². The summed E-state index contributed by atoms with van der Waals surface area (Å²) in [6, 6.07) is 8.25. The number of anilines is 1. The Morgan fingerprint density at radius 2 is 2.03 bits per heavy atom. The summed E-state index contributed by atoms with van der Waals surface area (Å²) in [7, 11) is 1.84. The molecule has 0 spiro atoms. The van der Waals surface area contributed by atoms with Crippen LogP contribution >= 0.6 is 0 Å². The minimum atomic E-state index is -0.607. The van der Waals surface area contributed by atoms with Crippen LogP contribution in [0.25, 0.3) is 11.3 Å². The largest absolute Gasteiger partial charge is 0.326 e. The first-order chi connectivity index (χ1) is 16.9. The Labute approximate surface area is 202 Å². The number of rotatable bonds is 4. The van der Waals surface area contributed by atoms with E-state index in [1.54, 1.807) is 23.0 Å². The van der Waals surface area contributed by atoms with E-state index in [-0.39, 0.29) is 23.8 Å². The number of fused-ring (bicyclic) bond motifs is 1. The summed E-state index contributed by atoms with van der Waals surface area (Å²) in [6.45, 7) is 1.27.